The van der Waals surface area contributed by atoms with Gasteiger partial charge in [0, 0.05) is 14.4 Å². The highest BCUT2D eigenvalue weighted by molar-refractivity contribution is 9.13. The molecule has 1 atom stereocenters. The molecule has 0 saturated heterocycles. The van der Waals surface area contributed by atoms with Gasteiger partial charge in [0.2, 0.25) is 0 Å². The summed E-state index contributed by atoms with van der Waals surface area (Å²) in [6.45, 7) is 4.58. The van der Waals surface area contributed by atoms with Crippen LogP contribution in [-0.2, 0) is 0 Å². The Kier molecular flexibility index (Phi) is 5.65. The molecule has 0 spiro atoms. The van der Waals surface area contributed by atoms with E-state index < -0.39 is 0 Å². The molecular formula is C14H13Br2ClFNS. The number of benzene rings is 1. The highest BCUT2D eigenvalue weighted by Crippen LogP contribution is 2.39. The maximum atomic E-state index is 13.6. The Morgan fingerprint density at radius 3 is 2.60 bits per heavy atom. The van der Waals surface area contributed by atoms with Crippen molar-refractivity contribution in [3.05, 3.63) is 53.3 Å². The molecule has 1 aromatic carbocycles. The SMILES string of the molecule is CCNC(c1cc(Br)c(Br)s1)c1cc(C)c(F)cc1Cl. The first-order chi connectivity index (χ1) is 9.43. The van der Waals surface area contributed by atoms with E-state index in [2.05, 4.69) is 43.2 Å². The van der Waals surface area contributed by atoms with Crippen LogP contribution < -0.4 is 5.32 Å². The van der Waals surface area contributed by atoms with E-state index in [9.17, 15) is 4.39 Å². The lowest BCUT2D eigenvalue weighted by Gasteiger charge is -2.19. The molecule has 0 saturated carbocycles. The average Bonchev–Trinajstić information content (AvgIpc) is 2.71. The van der Waals surface area contributed by atoms with Crippen molar-refractivity contribution in [2.75, 3.05) is 6.54 Å². The van der Waals surface area contributed by atoms with Gasteiger partial charge in [-0.25, -0.2) is 4.39 Å². The summed E-state index contributed by atoms with van der Waals surface area (Å²) in [5.74, 6) is -0.275. The van der Waals surface area contributed by atoms with Crippen LogP contribution >= 0.6 is 54.8 Å². The first-order valence-corrected chi connectivity index (χ1v) is 8.85. The van der Waals surface area contributed by atoms with Crippen LogP contribution in [0.5, 0.6) is 0 Å². The van der Waals surface area contributed by atoms with E-state index in [4.69, 9.17) is 11.6 Å². The van der Waals surface area contributed by atoms with Gasteiger partial charge in [0.15, 0.2) is 0 Å². The molecule has 0 amide bonds. The van der Waals surface area contributed by atoms with Gasteiger partial charge in [-0.1, -0.05) is 18.5 Å². The Balaban J connectivity index is 2.50. The van der Waals surface area contributed by atoms with Crippen LogP contribution in [0.1, 0.15) is 29.0 Å². The van der Waals surface area contributed by atoms with Crippen LogP contribution in [0.2, 0.25) is 5.02 Å². The van der Waals surface area contributed by atoms with Gasteiger partial charge in [-0.05, 0) is 74.7 Å². The Labute approximate surface area is 143 Å². The molecule has 1 N–H and O–H groups in total. The van der Waals surface area contributed by atoms with Gasteiger partial charge in [0.25, 0.3) is 0 Å². The van der Waals surface area contributed by atoms with Crippen molar-refractivity contribution in [1.82, 2.24) is 5.32 Å². The molecule has 1 aromatic heterocycles. The second kappa shape index (κ2) is 6.88. The molecule has 2 rings (SSSR count). The molecule has 0 fully saturated rings. The smallest absolute Gasteiger partial charge is 0.127 e. The quantitative estimate of drug-likeness (QED) is 0.607. The van der Waals surface area contributed by atoms with Gasteiger partial charge in [0.1, 0.15) is 5.82 Å². The fraction of sp³-hybridized carbons (Fsp3) is 0.286. The van der Waals surface area contributed by atoms with Gasteiger partial charge in [0.05, 0.1) is 9.83 Å². The third kappa shape index (κ3) is 3.45. The zero-order valence-corrected chi connectivity index (χ0v) is 15.7. The summed E-state index contributed by atoms with van der Waals surface area (Å²) >= 11 is 14.9. The summed E-state index contributed by atoms with van der Waals surface area (Å²) in [5.41, 5.74) is 1.50. The van der Waals surface area contributed by atoms with Crippen LogP contribution in [-0.4, -0.2) is 6.54 Å². The summed E-state index contributed by atoms with van der Waals surface area (Å²) in [4.78, 5) is 1.12. The molecule has 6 heteroatoms. The minimum absolute atomic E-state index is 0.0422. The highest BCUT2D eigenvalue weighted by atomic mass is 79.9. The number of rotatable bonds is 4. The number of nitrogens with one attached hydrogen (secondary N) is 1. The van der Waals surface area contributed by atoms with E-state index >= 15 is 0 Å². The third-order valence-electron chi connectivity index (χ3n) is 2.95. The lowest BCUT2D eigenvalue weighted by Crippen LogP contribution is -2.21. The second-order valence-corrected chi connectivity index (χ2v) is 8.05. The maximum absolute atomic E-state index is 13.6. The average molecular weight is 442 g/mol. The van der Waals surface area contributed by atoms with E-state index in [1.54, 1.807) is 18.3 Å². The molecule has 0 aliphatic rings. The summed E-state index contributed by atoms with van der Waals surface area (Å²) in [6.07, 6.45) is 0. The fourth-order valence-corrected chi connectivity index (χ4v) is 4.42. The van der Waals surface area contributed by atoms with Crippen LogP contribution in [0.4, 0.5) is 4.39 Å². The predicted octanol–water partition coefficient (Wildman–Crippen LogP) is 6.07. The van der Waals surface area contributed by atoms with Crippen molar-refractivity contribution >= 4 is 54.8 Å². The van der Waals surface area contributed by atoms with Gasteiger partial charge in [-0.2, -0.15) is 0 Å². The molecule has 1 nitrogen and oxygen atoms in total. The van der Waals surface area contributed by atoms with E-state index in [-0.39, 0.29) is 11.9 Å². The first kappa shape index (κ1) is 16.4. The molecule has 0 aliphatic heterocycles. The van der Waals surface area contributed by atoms with Gasteiger partial charge in [-0.3, -0.25) is 0 Å². The number of hydrogen-bond acceptors (Lipinski definition) is 2. The first-order valence-electron chi connectivity index (χ1n) is 6.07. The zero-order chi connectivity index (χ0) is 14.9. The van der Waals surface area contributed by atoms with Gasteiger partial charge < -0.3 is 5.32 Å². The Morgan fingerprint density at radius 2 is 2.05 bits per heavy atom. The van der Waals surface area contributed by atoms with Crippen LogP contribution in [0, 0.1) is 12.7 Å². The number of aryl methyl sites for hydroxylation is 1. The zero-order valence-electron chi connectivity index (χ0n) is 10.9. The molecule has 20 heavy (non-hydrogen) atoms. The van der Waals surface area contributed by atoms with Crippen molar-refractivity contribution in [1.29, 1.82) is 0 Å². The summed E-state index contributed by atoms with van der Waals surface area (Å²) in [7, 11) is 0. The van der Waals surface area contributed by atoms with E-state index in [0.717, 1.165) is 25.2 Å². The predicted molar refractivity (Wildman–Crippen MR) is 91.4 cm³/mol. The third-order valence-corrected chi connectivity index (χ3v) is 6.59. The monoisotopic (exact) mass is 439 g/mol. The summed E-state index contributed by atoms with van der Waals surface area (Å²) < 4.78 is 15.6. The Bertz CT molecular complexity index is 610. The number of hydrogen-bond donors (Lipinski definition) is 1. The molecule has 1 heterocycles. The van der Waals surface area contributed by atoms with E-state index in [1.807, 2.05) is 13.0 Å². The molecule has 2 aromatic rings. The molecule has 0 aliphatic carbocycles. The molecule has 1 unspecified atom stereocenters. The largest absolute Gasteiger partial charge is 0.306 e. The summed E-state index contributed by atoms with van der Waals surface area (Å²) in [5, 5.41) is 3.85. The second-order valence-electron chi connectivity index (χ2n) is 4.38. The van der Waals surface area contributed by atoms with Crippen LogP contribution in [0.25, 0.3) is 0 Å². The number of halogens is 4. The van der Waals surface area contributed by atoms with Crippen molar-refractivity contribution < 1.29 is 4.39 Å². The Morgan fingerprint density at radius 1 is 1.35 bits per heavy atom. The Hall–Kier alpha value is 0.0600. The van der Waals surface area contributed by atoms with Crippen molar-refractivity contribution in [3.8, 4) is 0 Å². The van der Waals surface area contributed by atoms with Crippen molar-refractivity contribution in [2.24, 2.45) is 0 Å². The molecule has 108 valence electrons. The highest BCUT2D eigenvalue weighted by Gasteiger charge is 2.20. The van der Waals surface area contributed by atoms with E-state index in [1.165, 1.54) is 6.07 Å². The summed E-state index contributed by atoms with van der Waals surface area (Å²) in [6, 6.07) is 5.21. The molecule has 0 bridgehead atoms. The normalized spacial score (nSPS) is 12.7. The number of thiophene rings is 1. The van der Waals surface area contributed by atoms with Crippen molar-refractivity contribution in [2.45, 2.75) is 19.9 Å². The van der Waals surface area contributed by atoms with Crippen molar-refractivity contribution in [3.63, 3.8) is 0 Å². The topological polar surface area (TPSA) is 12.0 Å². The van der Waals surface area contributed by atoms with Gasteiger partial charge in [-0.15, -0.1) is 11.3 Å². The fourth-order valence-electron chi connectivity index (χ4n) is 1.97. The minimum atomic E-state index is -0.275. The minimum Gasteiger partial charge on any atom is -0.306 e. The maximum Gasteiger partial charge on any atom is 0.127 e. The lowest BCUT2D eigenvalue weighted by atomic mass is 10.0. The van der Waals surface area contributed by atoms with Crippen LogP contribution in [0.3, 0.4) is 0 Å². The van der Waals surface area contributed by atoms with Crippen LogP contribution in [0.15, 0.2) is 26.5 Å². The van der Waals surface area contributed by atoms with E-state index in [0.29, 0.717) is 10.6 Å². The van der Waals surface area contributed by atoms with Gasteiger partial charge >= 0.3 is 0 Å². The molecular weight excluding hydrogens is 428 g/mol. The molecule has 0 radical (unpaired) electrons. The lowest BCUT2D eigenvalue weighted by molar-refractivity contribution is 0.609. The standard InChI is InChI=1S/C14H13Br2ClFNS/c1-3-19-13(12-5-9(15)14(16)20-12)8-4-7(2)11(18)6-10(8)17/h4-6,13,19H,3H2,1-2H3.